The zero-order chi connectivity index (χ0) is 15.3. The number of carbonyl (C=O) groups excluding carboxylic acids is 1. The molecule has 0 radical (unpaired) electrons. The molecule has 0 aliphatic rings. The van der Waals surface area contributed by atoms with E-state index in [9.17, 15) is 9.59 Å². The molecule has 110 valence electrons. The van der Waals surface area contributed by atoms with E-state index in [1.54, 1.807) is 0 Å². The molecule has 1 aromatic carbocycles. The first-order valence-electron chi connectivity index (χ1n) is 6.01. The maximum Gasteiger partial charge on any atom is 0.347 e. The predicted octanol–water partition coefficient (Wildman–Crippen LogP) is 2.80. The third kappa shape index (κ3) is 5.19. The Labute approximate surface area is 122 Å². The minimum atomic E-state index is -1.20. The van der Waals surface area contributed by atoms with Gasteiger partial charge in [0, 0.05) is 5.02 Å². The fraction of sp³-hybridized carbons (Fsp3) is 0.429. The maximum absolute atomic E-state index is 11.2. The van der Waals surface area contributed by atoms with Crippen molar-refractivity contribution in [3.05, 3.63) is 28.8 Å². The van der Waals surface area contributed by atoms with Gasteiger partial charge in [0.25, 0.3) is 0 Å². The van der Waals surface area contributed by atoms with Crippen LogP contribution in [0.1, 0.15) is 31.1 Å². The highest BCUT2D eigenvalue weighted by Crippen LogP contribution is 2.23. The third-order valence-corrected chi connectivity index (χ3v) is 2.55. The first-order chi connectivity index (χ1) is 9.23. The first-order valence-corrected chi connectivity index (χ1v) is 6.39. The van der Waals surface area contributed by atoms with Crippen molar-refractivity contribution in [1.29, 1.82) is 0 Å². The molecule has 1 N–H and O–H groups in total. The molecule has 1 aromatic rings. The van der Waals surface area contributed by atoms with Gasteiger partial charge in [0.15, 0.2) is 6.29 Å². The number of aliphatic carboxylic acids is 1. The molecule has 0 spiro atoms. The highest BCUT2D eigenvalue weighted by atomic mass is 35.5. The second-order valence-electron chi connectivity index (χ2n) is 5.17. The molecular formula is C14H17ClO5. The molecule has 0 fully saturated rings. The smallest absolute Gasteiger partial charge is 0.347 e. The Hall–Kier alpha value is -1.59. The van der Waals surface area contributed by atoms with Crippen molar-refractivity contribution in [2.24, 2.45) is 0 Å². The Morgan fingerprint density at radius 1 is 1.45 bits per heavy atom. The number of carboxylic acid groups (broad SMARTS) is 1. The standard InChI is InChI=1S/C14H17ClO5/c1-14(2,3)19-8-12(13(17)18)20-11-5-4-10(15)6-9(11)7-16/h4-7,12H,8H2,1-3H3,(H,17,18). The highest BCUT2D eigenvalue weighted by Gasteiger charge is 2.24. The molecule has 0 amide bonds. The van der Waals surface area contributed by atoms with Crippen molar-refractivity contribution in [1.82, 2.24) is 0 Å². The summed E-state index contributed by atoms with van der Waals surface area (Å²) in [6.07, 6.45) is -0.640. The Bertz CT molecular complexity index is 493. The second-order valence-corrected chi connectivity index (χ2v) is 5.60. The van der Waals surface area contributed by atoms with Crippen molar-refractivity contribution in [3.8, 4) is 5.75 Å². The SMILES string of the molecule is CC(C)(C)OCC(Oc1ccc(Cl)cc1C=O)C(=O)O. The van der Waals surface area contributed by atoms with Gasteiger partial charge >= 0.3 is 5.97 Å². The van der Waals surface area contributed by atoms with E-state index in [2.05, 4.69) is 0 Å². The Balaban J connectivity index is 2.86. The van der Waals surface area contributed by atoms with E-state index in [4.69, 9.17) is 26.2 Å². The second kappa shape index (κ2) is 6.72. The molecule has 0 aliphatic carbocycles. The molecular weight excluding hydrogens is 284 g/mol. The lowest BCUT2D eigenvalue weighted by atomic mass is 10.2. The van der Waals surface area contributed by atoms with Gasteiger partial charge in [0.05, 0.1) is 17.8 Å². The summed E-state index contributed by atoms with van der Waals surface area (Å²) < 4.78 is 10.7. The topological polar surface area (TPSA) is 72.8 Å². The van der Waals surface area contributed by atoms with E-state index in [-0.39, 0.29) is 17.9 Å². The van der Waals surface area contributed by atoms with Crippen LogP contribution in [-0.4, -0.2) is 35.7 Å². The molecule has 5 nitrogen and oxygen atoms in total. The molecule has 1 rings (SSSR count). The van der Waals surface area contributed by atoms with E-state index in [1.165, 1.54) is 18.2 Å². The van der Waals surface area contributed by atoms with Crippen LogP contribution in [0.2, 0.25) is 5.02 Å². The van der Waals surface area contributed by atoms with Crippen LogP contribution in [0.15, 0.2) is 18.2 Å². The monoisotopic (exact) mass is 300 g/mol. The summed E-state index contributed by atoms with van der Waals surface area (Å²) >= 11 is 5.76. The fourth-order valence-electron chi connectivity index (χ4n) is 1.35. The largest absolute Gasteiger partial charge is 0.478 e. The van der Waals surface area contributed by atoms with Crippen molar-refractivity contribution < 1.29 is 24.2 Å². The van der Waals surface area contributed by atoms with Crippen LogP contribution in [0.25, 0.3) is 0 Å². The number of carbonyl (C=O) groups is 2. The van der Waals surface area contributed by atoms with Crippen LogP contribution >= 0.6 is 11.6 Å². The van der Waals surface area contributed by atoms with Gasteiger partial charge in [-0.3, -0.25) is 4.79 Å². The molecule has 1 unspecified atom stereocenters. The quantitative estimate of drug-likeness (QED) is 0.818. The lowest BCUT2D eigenvalue weighted by molar-refractivity contribution is -0.150. The summed E-state index contributed by atoms with van der Waals surface area (Å²) in [5, 5.41) is 9.50. The van der Waals surface area contributed by atoms with Gasteiger partial charge < -0.3 is 14.6 Å². The van der Waals surface area contributed by atoms with E-state index in [0.717, 1.165) is 0 Å². The normalized spacial score (nSPS) is 12.8. The van der Waals surface area contributed by atoms with Crippen LogP contribution in [0.4, 0.5) is 0 Å². The average Bonchev–Trinajstić information content (AvgIpc) is 2.34. The minimum absolute atomic E-state index is 0.125. The summed E-state index contributed by atoms with van der Waals surface area (Å²) in [4.78, 5) is 22.1. The van der Waals surface area contributed by atoms with Crippen LogP contribution in [0, 0.1) is 0 Å². The summed E-state index contributed by atoms with van der Waals surface area (Å²) in [7, 11) is 0. The van der Waals surface area contributed by atoms with E-state index < -0.39 is 17.7 Å². The molecule has 0 bridgehead atoms. The zero-order valence-corrected chi connectivity index (χ0v) is 12.3. The average molecular weight is 301 g/mol. The summed E-state index contributed by atoms with van der Waals surface area (Å²) in [6, 6.07) is 4.39. The molecule has 20 heavy (non-hydrogen) atoms. The number of aldehydes is 1. The Morgan fingerprint density at radius 3 is 2.60 bits per heavy atom. The van der Waals surface area contributed by atoms with Crippen molar-refractivity contribution >= 4 is 23.9 Å². The first kappa shape index (κ1) is 16.5. The van der Waals surface area contributed by atoms with Crippen LogP contribution in [0.5, 0.6) is 5.75 Å². The Morgan fingerprint density at radius 2 is 2.10 bits per heavy atom. The zero-order valence-electron chi connectivity index (χ0n) is 11.6. The maximum atomic E-state index is 11.2. The van der Waals surface area contributed by atoms with Gasteiger partial charge in [-0.05, 0) is 39.0 Å². The van der Waals surface area contributed by atoms with Gasteiger partial charge in [-0.1, -0.05) is 11.6 Å². The van der Waals surface area contributed by atoms with Crippen molar-refractivity contribution in [3.63, 3.8) is 0 Å². The third-order valence-electron chi connectivity index (χ3n) is 2.31. The van der Waals surface area contributed by atoms with Gasteiger partial charge in [0.2, 0.25) is 6.10 Å². The van der Waals surface area contributed by atoms with Gasteiger partial charge in [-0.15, -0.1) is 0 Å². The van der Waals surface area contributed by atoms with E-state index in [0.29, 0.717) is 11.3 Å². The molecule has 1 atom stereocenters. The number of halogens is 1. The predicted molar refractivity (Wildman–Crippen MR) is 74.6 cm³/mol. The van der Waals surface area contributed by atoms with Crippen LogP contribution in [-0.2, 0) is 9.53 Å². The van der Waals surface area contributed by atoms with Crippen LogP contribution in [0.3, 0.4) is 0 Å². The number of benzene rings is 1. The summed E-state index contributed by atoms with van der Waals surface area (Å²) in [6.45, 7) is 5.31. The van der Waals surface area contributed by atoms with E-state index in [1.807, 2.05) is 20.8 Å². The fourth-order valence-corrected chi connectivity index (χ4v) is 1.53. The molecule has 0 saturated heterocycles. The van der Waals surface area contributed by atoms with Crippen molar-refractivity contribution in [2.45, 2.75) is 32.5 Å². The van der Waals surface area contributed by atoms with Gasteiger partial charge in [0.1, 0.15) is 5.75 Å². The minimum Gasteiger partial charge on any atom is -0.478 e. The van der Waals surface area contributed by atoms with Gasteiger partial charge in [-0.2, -0.15) is 0 Å². The number of hydrogen-bond donors (Lipinski definition) is 1. The van der Waals surface area contributed by atoms with Gasteiger partial charge in [-0.25, -0.2) is 4.79 Å². The lowest BCUT2D eigenvalue weighted by Crippen LogP contribution is -2.36. The molecule has 0 saturated carbocycles. The highest BCUT2D eigenvalue weighted by molar-refractivity contribution is 6.30. The number of ether oxygens (including phenoxy) is 2. The number of carboxylic acids is 1. The van der Waals surface area contributed by atoms with E-state index >= 15 is 0 Å². The molecule has 0 heterocycles. The lowest BCUT2D eigenvalue weighted by Gasteiger charge is -2.23. The number of hydrogen-bond acceptors (Lipinski definition) is 4. The molecule has 0 aliphatic heterocycles. The Kier molecular flexibility index (Phi) is 5.53. The molecule has 6 heteroatoms. The molecule has 0 aromatic heterocycles. The number of rotatable bonds is 6. The summed E-state index contributed by atoms with van der Waals surface area (Å²) in [5.41, 5.74) is -0.288. The summed E-state index contributed by atoms with van der Waals surface area (Å²) in [5.74, 6) is -1.00. The van der Waals surface area contributed by atoms with Crippen molar-refractivity contribution in [2.75, 3.05) is 6.61 Å². The van der Waals surface area contributed by atoms with Crippen LogP contribution < -0.4 is 4.74 Å².